The van der Waals surface area contributed by atoms with Crippen molar-refractivity contribution in [3.8, 4) is 17.0 Å². The van der Waals surface area contributed by atoms with Crippen LogP contribution in [-0.4, -0.2) is 51.5 Å². The first-order valence-electron chi connectivity index (χ1n) is 10.5. The molecule has 1 fully saturated rings. The molecule has 0 aliphatic carbocycles. The average Bonchev–Trinajstić information content (AvgIpc) is 3.20. The summed E-state index contributed by atoms with van der Waals surface area (Å²) in [5.41, 5.74) is 9.46. The van der Waals surface area contributed by atoms with Gasteiger partial charge in [0.2, 0.25) is 0 Å². The van der Waals surface area contributed by atoms with Crippen LogP contribution in [0.15, 0.2) is 47.3 Å². The third-order valence-corrected chi connectivity index (χ3v) is 6.10. The molecule has 9 nitrogen and oxygen atoms in total. The van der Waals surface area contributed by atoms with Crippen LogP contribution >= 0.6 is 0 Å². The van der Waals surface area contributed by atoms with E-state index in [4.69, 9.17) is 5.73 Å². The van der Waals surface area contributed by atoms with Gasteiger partial charge in [0, 0.05) is 53.7 Å². The van der Waals surface area contributed by atoms with E-state index in [-0.39, 0.29) is 11.3 Å². The molecule has 2 aromatic carbocycles. The number of piperazine rings is 1. The number of aromatic hydroxyl groups is 1. The first-order chi connectivity index (χ1) is 15.6. The van der Waals surface area contributed by atoms with Gasteiger partial charge in [0.25, 0.3) is 5.56 Å². The summed E-state index contributed by atoms with van der Waals surface area (Å²) in [6, 6.07) is 12.7. The lowest BCUT2D eigenvalue weighted by atomic mass is 9.99. The Morgan fingerprint density at radius 3 is 2.56 bits per heavy atom. The number of nitrogens with zero attached hydrogens (tertiary/aromatic N) is 3. The fourth-order valence-electron chi connectivity index (χ4n) is 4.55. The van der Waals surface area contributed by atoms with Crippen molar-refractivity contribution in [2.45, 2.75) is 0 Å². The maximum Gasteiger partial charge on any atom is 0.258 e. The van der Waals surface area contributed by atoms with Gasteiger partial charge in [-0.25, -0.2) is 4.98 Å². The summed E-state index contributed by atoms with van der Waals surface area (Å²) in [4.78, 5) is 23.3. The van der Waals surface area contributed by atoms with E-state index in [0.717, 1.165) is 48.2 Å². The lowest BCUT2D eigenvalue weighted by molar-refractivity contribution is 0.475. The molecule has 0 atom stereocenters. The van der Waals surface area contributed by atoms with Gasteiger partial charge in [-0.15, -0.1) is 0 Å². The first kappa shape index (κ1) is 18.6. The number of anilines is 2. The minimum atomic E-state index is -0.250. The molecule has 160 valence electrons. The highest BCUT2D eigenvalue weighted by molar-refractivity contribution is 6.23. The predicted octanol–water partition coefficient (Wildman–Crippen LogP) is 2.32. The number of nitrogens with two attached hydrogens (primary N) is 1. The highest BCUT2D eigenvalue weighted by Gasteiger charge is 2.21. The number of benzene rings is 2. The normalized spacial score (nSPS) is 14.6. The van der Waals surface area contributed by atoms with Crippen LogP contribution in [0.5, 0.6) is 5.75 Å². The molecule has 0 amide bonds. The Morgan fingerprint density at radius 2 is 1.78 bits per heavy atom. The molecule has 1 aliphatic rings. The van der Waals surface area contributed by atoms with Crippen LogP contribution in [0.25, 0.3) is 44.0 Å². The monoisotopic (exact) mass is 427 g/mol. The summed E-state index contributed by atoms with van der Waals surface area (Å²) >= 11 is 0. The van der Waals surface area contributed by atoms with Crippen molar-refractivity contribution in [1.29, 1.82) is 0 Å². The molecule has 0 unspecified atom stereocenters. The Labute approximate surface area is 181 Å². The fourth-order valence-corrected chi connectivity index (χ4v) is 4.55. The van der Waals surface area contributed by atoms with Crippen LogP contribution in [0.1, 0.15) is 0 Å². The smallest absolute Gasteiger partial charge is 0.258 e. The topological polar surface area (TPSA) is 136 Å². The predicted molar refractivity (Wildman–Crippen MR) is 126 cm³/mol. The Kier molecular flexibility index (Phi) is 4.05. The van der Waals surface area contributed by atoms with Crippen LogP contribution in [0.4, 0.5) is 11.5 Å². The van der Waals surface area contributed by atoms with Crippen molar-refractivity contribution >= 4 is 44.2 Å². The number of fused-ring (bicyclic) bond motifs is 5. The molecule has 1 saturated heterocycles. The summed E-state index contributed by atoms with van der Waals surface area (Å²) in [6.07, 6.45) is 0. The van der Waals surface area contributed by atoms with E-state index >= 15 is 0 Å². The van der Waals surface area contributed by atoms with Crippen molar-refractivity contribution < 1.29 is 5.11 Å². The number of rotatable bonds is 2. The summed E-state index contributed by atoms with van der Waals surface area (Å²) in [5, 5.41) is 22.9. The molecule has 0 saturated carbocycles. The largest absolute Gasteiger partial charge is 0.508 e. The number of aromatic amines is 2. The number of nitrogens with one attached hydrogen (secondary N) is 3. The number of hydrogen-bond acceptors (Lipinski definition) is 7. The molecule has 9 heteroatoms. The van der Waals surface area contributed by atoms with Crippen LogP contribution in [0.3, 0.4) is 0 Å². The van der Waals surface area contributed by atoms with E-state index in [1.54, 1.807) is 24.3 Å². The van der Waals surface area contributed by atoms with Crippen molar-refractivity contribution in [2.75, 3.05) is 36.8 Å². The van der Waals surface area contributed by atoms with Gasteiger partial charge in [0.15, 0.2) is 5.65 Å². The van der Waals surface area contributed by atoms with E-state index in [2.05, 4.69) is 36.4 Å². The lowest BCUT2D eigenvalue weighted by Crippen LogP contribution is -2.43. The van der Waals surface area contributed by atoms with Crippen molar-refractivity contribution in [3.05, 3.63) is 52.8 Å². The van der Waals surface area contributed by atoms with Gasteiger partial charge in [-0.3, -0.25) is 9.89 Å². The number of phenolic OH excluding ortho intramolecular Hbond substituents is 1. The van der Waals surface area contributed by atoms with Crippen molar-refractivity contribution in [1.82, 2.24) is 25.5 Å². The third-order valence-electron chi connectivity index (χ3n) is 6.10. The van der Waals surface area contributed by atoms with Gasteiger partial charge < -0.3 is 26.0 Å². The minimum absolute atomic E-state index is 0.142. The number of pyridine rings is 2. The number of hydrogen-bond donors (Lipinski definition) is 5. The maximum absolute atomic E-state index is 13.3. The highest BCUT2D eigenvalue weighted by atomic mass is 16.3. The van der Waals surface area contributed by atoms with Crippen LogP contribution < -0.4 is 21.5 Å². The Balaban J connectivity index is 1.74. The van der Waals surface area contributed by atoms with Gasteiger partial charge in [0.05, 0.1) is 16.5 Å². The third kappa shape index (κ3) is 2.78. The Hall–Kier alpha value is -4.11. The van der Waals surface area contributed by atoms with Crippen LogP contribution in [0, 0.1) is 0 Å². The quantitative estimate of drug-likeness (QED) is 0.273. The van der Waals surface area contributed by atoms with Gasteiger partial charge in [-0.05, 0) is 42.5 Å². The zero-order valence-electron chi connectivity index (χ0n) is 17.1. The fraction of sp³-hybridized carbons (Fsp3) is 0.174. The molecule has 6 N–H and O–H groups in total. The second-order valence-corrected chi connectivity index (χ2v) is 8.01. The number of nitrogen functional groups attached to an aromatic ring is 1. The summed E-state index contributed by atoms with van der Waals surface area (Å²) < 4.78 is 0. The molecular weight excluding hydrogens is 406 g/mol. The number of phenols is 1. The first-order valence-corrected chi connectivity index (χ1v) is 10.5. The minimum Gasteiger partial charge on any atom is -0.508 e. The van der Waals surface area contributed by atoms with E-state index < -0.39 is 0 Å². The van der Waals surface area contributed by atoms with Crippen LogP contribution in [-0.2, 0) is 0 Å². The summed E-state index contributed by atoms with van der Waals surface area (Å²) in [7, 11) is 0. The van der Waals surface area contributed by atoms with E-state index in [1.807, 2.05) is 12.1 Å². The number of aromatic nitrogens is 4. The van der Waals surface area contributed by atoms with Crippen molar-refractivity contribution in [3.63, 3.8) is 0 Å². The Morgan fingerprint density at radius 1 is 1.00 bits per heavy atom. The molecule has 32 heavy (non-hydrogen) atoms. The van der Waals surface area contributed by atoms with E-state index in [0.29, 0.717) is 33.5 Å². The highest BCUT2D eigenvalue weighted by Crippen LogP contribution is 2.37. The van der Waals surface area contributed by atoms with Gasteiger partial charge in [0.1, 0.15) is 11.6 Å². The lowest BCUT2D eigenvalue weighted by Gasteiger charge is -2.29. The maximum atomic E-state index is 13.3. The second-order valence-electron chi connectivity index (χ2n) is 8.01. The van der Waals surface area contributed by atoms with E-state index in [9.17, 15) is 9.90 Å². The average molecular weight is 427 g/mol. The van der Waals surface area contributed by atoms with Crippen molar-refractivity contribution in [2.24, 2.45) is 0 Å². The van der Waals surface area contributed by atoms with Crippen LogP contribution in [0.2, 0.25) is 0 Å². The second kappa shape index (κ2) is 6.96. The van der Waals surface area contributed by atoms with Gasteiger partial charge in [-0.2, -0.15) is 5.10 Å². The molecule has 0 spiro atoms. The number of H-pyrrole nitrogens is 2. The molecule has 5 aromatic rings. The zero-order valence-corrected chi connectivity index (χ0v) is 17.1. The molecule has 6 rings (SSSR count). The zero-order chi connectivity index (χ0) is 21.8. The van der Waals surface area contributed by atoms with Gasteiger partial charge >= 0.3 is 0 Å². The SMILES string of the molecule is Nc1[nH]nc2nc(-c3ccc(O)cc3)c3c(=O)[nH]c4ccc(N5CCNCC5)cc4c3c12. The molecular formula is C23H21N7O2. The summed E-state index contributed by atoms with van der Waals surface area (Å²) in [6.45, 7) is 3.68. The molecule has 0 bridgehead atoms. The van der Waals surface area contributed by atoms with E-state index in [1.165, 1.54) is 0 Å². The molecule has 4 heterocycles. The molecule has 3 aromatic heterocycles. The summed E-state index contributed by atoms with van der Waals surface area (Å²) in [5.74, 6) is 0.511. The standard InChI is InChI=1S/C23H21N7O2/c24-21-19-17-15-11-13(30-9-7-25-8-10-30)3-6-16(15)26-23(32)18(17)20(27-22(19)29-28-21)12-1-4-14(31)5-2-12/h1-6,11,25,31H,7-10H2,(H,26,32)(H3,24,27,28,29). The van der Waals surface area contributed by atoms with Gasteiger partial charge in [-0.1, -0.05) is 0 Å². The molecule has 0 radical (unpaired) electrons. The molecule has 1 aliphatic heterocycles. The Bertz CT molecular complexity index is 1550.